The summed E-state index contributed by atoms with van der Waals surface area (Å²) in [4.78, 5) is 11.6. The van der Waals surface area contributed by atoms with E-state index in [0.29, 0.717) is 0 Å². The maximum absolute atomic E-state index is 13.3. The van der Waals surface area contributed by atoms with Gasteiger partial charge in [0.15, 0.2) is 0 Å². The number of benzene rings is 1. The maximum atomic E-state index is 13.3. The molecule has 0 bridgehead atoms. The van der Waals surface area contributed by atoms with E-state index in [-0.39, 0.29) is 35.6 Å². The second-order valence-corrected chi connectivity index (χ2v) is 3.61. The van der Waals surface area contributed by atoms with Crippen molar-refractivity contribution >= 4 is 29.9 Å². The van der Waals surface area contributed by atoms with Crippen molar-refractivity contribution in [3.63, 3.8) is 0 Å². The first-order valence-corrected chi connectivity index (χ1v) is 4.89. The minimum atomic E-state index is -0.635. The van der Waals surface area contributed by atoms with Gasteiger partial charge in [-0.25, -0.2) is 4.39 Å². The molecule has 1 aromatic rings. The van der Waals surface area contributed by atoms with E-state index in [4.69, 9.17) is 17.3 Å². The minimum absolute atomic E-state index is 0. The first kappa shape index (κ1) is 15.2. The van der Waals surface area contributed by atoms with E-state index in [1.54, 1.807) is 6.92 Å². The second kappa shape index (κ2) is 6.68. The van der Waals surface area contributed by atoms with Crippen LogP contribution in [0, 0.1) is 5.82 Å². The summed E-state index contributed by atoms with van der Waals surface area (Å²) >= 11 is 5.72. The molecular weight excluding hydrogens is 254 g/mol. The number of carbonyl (C=O) groups excluding carboxylic acids is 1. The number of amides is 1. The standard InChI is InChI=1S/C10H12ClFN2O.ClH/c1-6(5-13)14-10(15)9-7(11)3-2-4-8(9)12;/h2-4,6H,5,13H2,1H3,(H,14,15);1H/t6-;/m0./s1. The molecule has 0 aliphatic rings. The lowest BCUT2D eigenvalue weighted by Crippen LogP contribution is -2.38. The van der Waals surface area contributed by atoms with Gasteiger partial charge in [-0.1, -0.05) is 17.7 Å². The van der Waals surface area contributed by atoms with Gasteiger partial charge in [0.2, 0.25) is 0 Å². The average molecular weight is 267 g/mol. The Balaban J connectivity index is 0.00000225. The van der Waals surface area contributed by atoms with Crippen molar-refractivity contribution in [1.29, 1.82) is 0 Å². The van der Waals surface area contributed by atoms with E-state index in [0.717, 1.165) is 0 Å². The Morgan fingerprint density at radius 1 is 1.62 bits per heavy atom. The van der Waals surface area contributed by atoms with Crippen molar-refractivity contribution in [3.8, 4) is 0 Å². The van der Waals surface area contributed by atoms with E-state index in [2.05, 4.69) is 5.32 Å². The zero-order chi connectivity index (χ0) is 11.4. The number of halogens is 3. The van der Waals surface area contributed by atoms with E-state index < -0.39 is 11.7 Å². The van der Waals surface area contributed by atoms with Crippen molar-refractivity contribution in [2.24, 2.45) is 5.73 Å². The fourth-order valence-corrected chi connectivity index (χ4v) is 1.32. The smallest absolute Gasteiger partial charge is 0.256 e. The van der Waals surface area contributed by atoms with Crippen LogP contribution in [0.5, 0.6) is 0 Å². The number of hydrogen-bond acceptors (Lipinski definition) is 2. The van der Waals surface area contributed by atoms with Gasteiger partial charge in [0, 0.05) is 12.6 Å². The lowest BCUT2D eigenvalue weighted by atomic mass is 10.2. The first-order chi connectivity index (χ1) is 7.06. The Kier molecular flexibility index (Phi) is 6.33. The molecule has 0 unspecified atom stereocenters. The lowest BCUT2D eigenvalue weighted by molar-refractivity contribution is 0.0937. The molecule has 0 radical (unpaired) electrons. The lowest BCUT2D eigenvalue weighted by Gasteiger charge is -2.12. The van der Waals surface area contributed by atoms with E-state index in [1.807, 2.05) is 0 Å². The number of nitrogens with one attached hydrogen (secondary N) is 1. The van der Waals surface area contributed by atoms with Crippen molar-refractivity contribution in [2.45, 2.75) is 13.0 Å². The van der Waals surface area contributed by atoms with Crippen LogP contribution in [0.3, 0.4) is 0 Å². The molecule has 6 heteroatoms. The summed E-state index contributed by atoms with van der Waals surface area (Å²) in [5.74, 6) is -1.18. The van der Waals surface area contributed by atoms with Crippen LogP contribution in [-0.4, -0.2) is 18.5 Å². The summed E-state index contributed by atoms with van der Waals surface area (Å²) in [6.07, 6.45) is 0. The van der Waals surface area contributed by atoms with Gasteiger partial charge < -0.3 is 11.1 Å². The molecule has 3 N–H and O–H groups in total. The van der Waals surface area contributed by atoms with Crippen molar-refractivity contribution in [1.82, 2.24) is 5.32 Å². The van der Waals surface area contributed by atoms with Gasteiger partial charge in [-0.3, -0.25) is 4.79 Å². The molecule has 0 fully saturated rings. The highest BCUT2D eigenvalue weighted by atomic mass is 35.5. The van der Waals surface area contributed by atoms with Crippen LogP contribution in [-0.2, 0) is 0 Å². The van der Waals surface area contributed by atoms with Crippen LogP contribution in [0.25, 0.3) is 0 Å². The summed E-state index contributed by atoms with van der Waals surface area (Å²) in [7, 11) is 0. The van der Waals surface area contributed by atoms with Gasteiger partial charge in [0.25, 0.3) is 5.91 Å². The third-order valence-corrected chi connectivity index (χ3v) is 2.24. The Morgan fingerprint density at radius 3 is 2.75 bits per heavy atom. The Bertz CT molecular complexity index is 354. The summed E-state index contributed by atoms with van der Waals surface area (Å²) in [5, 5.41) is 2.63. The maximum Gasteiger partial charge on any atom is 0.256 e. The number of rotatable bonds is 3. The highest BCUT2D eigenvalue weighted by Crippen LogP contribution is 2.18. The van der Waals surface area contributed by atoms with Crippen molar-refractivity contribution < 1.29 is 9.18 Å². The zero-order valence-corrected chi connectivity index (χ0v) is 10.2. The third kappa shape index (κ3) is 3.63. The molecule has 0 saturated heterocycles. The molecule has 0 heterocycles. The summed E-state index contributed by atoms with van der Waals surface area (Å²) in [6.45, 7) is 2.02. The monoisotopic (exact) mass is 266 g/mol. The largest absolute Gasteiger partial charge is 0.348 e. The molecule has 0 aliphatic heterocycles. The molecule has 1 amide bonds. The fraction of sp³-hybridized carbons (Fsp3) is 0.300. The number of nitrogens with two attached hydrogens (primary N) is 1. The second-order valence-electron chi connectivity index (χ2n) is 3.21. The van der Waals surface area contributed by atoms with Crippen LogP contribution < -0.4 is 11.1 Å². The molecule has 0 aliphatic carbocycles. The van der Waals surface area contributed by atoms with Crippen molar-refractivity contribution in [3.05, 3.63) is 34.6 Å². The van der Waals surface area contributed by atoms with Crippen LogP contribution in [0.15, 0.2) is 18.2 Å². The summed E-state index contributed by atoms with van der Waals surface area (Å²) < 4.78 is 13.3. The molecule has 0 spiro atoms. The van der Waals surface area contributed by atoms with Gasteiger partial charge >= 0.3 is 0 Å². The molecular formula is C10H13Cl2FN2O. The SMILES string of the molecule is C[C@@H](CN)NC(=O)c1c(F)cccc1Cl.Cl. The average Bonchev–Trinajstić information content (AvgIpc) is 2.17. The quantitative estimate of drug-likeness (QED) is 0.879. The minimum Gasteiger partial charge on any atom is -0.348 e. The number of carbonyl (C=O) groups is 1. The van der Waals surface area contributed by atoms with Crippen LogP contribution >= 0.6 is 24.0 Å². The fourth-order valence-electron chi connectivity index (χ4n) is 1.07. The summed E-state index contributed by atoms with van der Waals surface area (Å²) in [6, 6.07) is 3.88. The Labute approximate surface area is 105 Å². The normalized spacial score (nSPS) is 11.5. The molecule has 1 rings (SSSR count). The van der Waals surface area contributed by atoms with E-state index >= 15 is 0 Å². The Morgan fingerprint density at radius 2 is 2.25 bits per heavy atom. The zero-order valence-electron chi connectivity index (χ0n) is 8.67. The van der Waals surface area contributed by atoms with E-state index in [9.17, 15) is 9.18 Å². The summed E-state index contributed by atoms with van der Waals surface area (Å²) in [5.41, 5.74) is 5.19. The highest BCUT2D eigenvalue weighted by Gasteiger charge is 2.16. The number of hydrogen-bond donors (Lipinski definition) is 2. The van der Waals surface area contributed by atoms with Crippen LogP contribution in [0.4, 0.5) is 4.39 Å². The predicted octanol–water partition coefficient (Wildman–Crippen LogP) is 1.98. The van der Waals surface area contributed by atoms with Gasteiger partial charge in [0.05, 0.1) is 10.6 Å². The molecule has 1 aromatic carbocycles. The predicted molar refractivity (Wildman–Crippen MR) is 64.6 cm³/mol. The van der Waals surface area contributed by atoms with Crippen LogP contribution in [0.1, 0.15) is 17.3 Å². The third-order valence-electron chi connectivity index (χ3n) is 1.92. The van der Waals surface area contributed by atoms with Gasteiger partial charge in [0.1, 0.15) is 5.82 Å². The van der Waals surface area contributed by atoms with Gasteiger partial charge in [-0.2, -0.15) is 0 Å². The Hall–Kier alpha value is -0.840. The highest BCUT2D eigenvalue weighted by molar-refractivity contribution is 6.33. The van der Waals surface area contributed by atoms with Gasteiger partial charge in [-0.15, -0.1) is 12.4 Å². The van der Waals surface area contributed by atoms with E-state index in [1.165, 1.54) is 18.2 Å². The first-order valence-electron chi connectivity index (χ1n) is 4.51. The van der Waals surface area contributed by atoms with Crippen LogP contribution in [0.2, 0.25) is 5.02 Å². The van der Waals surface area contributed by atoms with Crippen molar-refractivity contribution in [2.75, 3.05) is 6.54 Å². The molecule has 0 saturated carbocycles. The molecule has 1 atom stereocenters. The topological polar surface area (TPSA) is 55.1 Å². The molecule has 90 valence electrons. The molecule has 0 aromatic heterocycles. The molecule has 16 heavy (non-hydrogen) atoms. The molecule has 3 nitrogen and oxygen atoms in total. The van der Waals surface area contributed by atoms with Gasteiger partial charge in [-0.05, 0) is 19.1 Å².